The average molecular weight is 1210 g/mol. The molecule has 89 heavy (non-hydrogen) atoms. The summed E-state index contributed by atoms with van der Waals surface area (Å²) in [6.45, 7) is 4.63. The second-order valence-electron chi connectivity index (χ2n) is 24.5. The first-order chi connectivity index (χ1) is 43.4. The van der Waals surface area contributed by atoms with Gasteiger partial charge in [0.2, 0.25) is 5.78 Å². The maximum Gasteiger partial charge on any atom is 0.417 e. The number of carbonyl (C=O) groups is 5. The lowest BCUT2D eigenvalue weighted by molar-refractivity contribution is -0.153. The summed E-state index contributed by atoms with van der Waals surface area (Å²) in [4.78, 5) is 98.1. The van der Waals surface area contributed by atoms with Crippen LogP contribution in [0.5, 0.6) is 11.5 Å². The molecule has 0 spiro atoms. The molecule has 4 heterocycles. The lowest BCUT2D eigenvalue weighted by Gasteiger charge is -2.30. The zero-order valence-electron chi connectivity index (χ0n) is 50.5. The lowest BCUT2D eigenvalue weighted by Crippen LogP contribution is -2.34. The number of aliphatic imine (C=N–C) groups is 2. The van der Waals surface area contributed by atoms with E-state index < -0.39 is 35.5 Å². The molecule has 0 saturated heterocycles. The molecule has 5 aromatic carbocycles. The monoisotopic (exact) mass is 1210 g/mol. The topological polar surface area (TPSA) is 259 Å². The highest BCUT2D eigenvalue weighted by molar-refractivity contribution is 6.38. The van der Waals surface area contributed by atoms with Crippen molar-refractivity contribution in [1.82, 2.24) is 14.9 Å². The number of hydrogen-bond donors (Lipinski definition) is 3. The van der Waals surface area contributed by atoms with E-state index in [0.717, 1.165) is 114 Å². The number of nitrogens with zero attached hydrogens (tertiary/aromatic N) is 3. The number of aldehydes is 1. The third kappa shape index (κ3) is 16.3. The van der Waals surface area contributed by atoms with Crippen molar-refractivity contribution in [2.24, 2.45) is 39.4 Å². The predicted octanol–water partition coefficient (Wildman–Crippen LogP) is 11.6. The third-order valence-electron chi connectivity index (χ3n) is 17.4. The number of Topliss-reactive ketones (excluding diaryl/α,β-unsaturated/α-hetero) is 2. The summed E-state index contributed by atoms with van der Waals surface area (Å²) in [5, 5.41) is 0. The molecule has 0 bridgehead atoms. The Morgan fingerprint density at radius 1 is 0.685 bits per heavy atom. The number of H-pyrrole nitrogens is 2. The standard InChI is InChI=1S/C27H25N3O4.C15H19NO.C13H11NO6.C12H14O.C4H9N/c31-26-20-13-28-23(19-8-3-9-21-25(19)34-27(32)29-21)22(20)24(30(26)14-15-10-11-15)16-4-1-7-18(12-16)33-17-5-2-6-17;1-3-13(11-16-10-12-7-8-12)9-15(6-1)17-14-4-2-5-14;1-2-19-12(17)10(16)6-9(15)7-4-3-5-8-11(7)20-13(18)14-8;13-9-12-6-2-5-11(8-12)7-10-3-1-4-10;5-3-4-1-2-4/h1,3-4,7-9,12,15,17,24H,2,5-6,10-11,13-14H2,(H,29,32);1,3,6,9,11-12,14H,2,4-5,7-8,10H2;3-5H,2,6H2,1H3,(H,14,18);2,5-6,8-10H,1,3-4,7H2;4H,1-3,5H2. The molecule has 0 radical (unpaired) electrons. The van der Waals surface area contributed by atoms with Crippen LogP contribution in [-0.2, 0) is 25.5 Å². The number of amides is 1. The summed E-state index contributed by atoms with van der Waals surface area (Å²) in [6, 6.07) is 34.3. The number of nitrogens with one attached hydrogen (secondary N) is 2. The number of benzene rings is 5. The van der Waals surface area contributed by atoms with Crippen molar-refractivity contribution in [1.29, 1.82) is 0 Å². The largest absolute Gasteiger partial charge is 0.490 e. The molecule has 464 valence electrons. The van der Waals surface area contributed by atoms with Gasteiger partial charge in [-0.25, -0.2) is 14.4 Å². The van der Waals surface area contributed by atoms with Gasteiger partial charge >= 0.3 is 17.5 Å². The number of oxazole rings is 2. The van der Waals surface area contributed by atoms with Gasteiger partial charge in [-0.3, -0.25) is 39.1 Å². The number of aromatic nitrogens is 2. The molecule has 18 heteroatoms. The molecule has 4 N–H and O–H groups in total. The Kier molecular flexibility index (Phi) is 20.2. The highest BCUT2D eigenvalue weighted by Gasteiger charge is 2.46. The number of ether oxygens (including phenoxy) is 3. The molecule has 8 aliphatic rings. The number of esters is 1. The summed E-state index contributed by atoms with van der Waals surface area (Å²) in [5.41, 5.74) is 14.3. The zero-order valence-corrected chi connectivity index (χ0v) is 50.5. The van der Waals surface area contributed by atoms with Gasteiger partial charge in [0, 0.05) is 41.6 Å². The molecule has 1 atom stereocenters. The Balaban J connectivity index is 0.000000127. The molecular formula is C71H78N6O12. The van der Waals surface area contributed by atoms with E-state index in [1.54, 1.807) is 13.0 Å². The fraction of sp³-hybridized carbons (Fsp3) is 0.423. The first-order valence-electron chi connectivity index (χ1n) is 31.7. The van der Waals surface area contributed by atoms with Crippen molar-refractivity contribution in [2.45, 2.75) is 134 Å². The Morgan fingerprint density at radius 3 is 1.92 bits per heavy atom. The number of carbonyl (C=O) groups excluding carboxylic acids is 5. The second-order valence-corrected chi connectivity index (χ2v) is 24.5. The molecule has 6 fully saturated rings. The lowest BCUT2D eigenvalue weighted by atomic mass is 9.81. The Bertz CT molecular complexity index is 3900. The van der Waals surface area contributed by atoms with Gasteiger partial charge in [-0.2, -0.15) is 0 Å². The molecule has 2 aromatic heterocycles. The smallest absolute Gasteiger partial charge is 0.417 e. The molecule has 6 aliphatic carbocycles. The van der Waals surface area contributed by atoms with Crippen LogP contribution in [0.25, 0.3) is 22.2 Å². The van der Waals surface area contributed by atoms with Crippen molar-refractivity contribution in [3.05, 3.63) is 175 Å². The van der Waals surface area contributed by atoms with Crippen LogP contribution >= 0.6 is 0 Å². The van der Waals surface area contributed by atoms with Crippen LogP contribution < -0.4 is 26.7 Å². The number of aromatic amines is 2. The number of fused-ring (bicyclic) bond motifs is 2. The summed E-state index contributed by atoms with van der Waals surface area (Å²) in [6.07, 6.45) is 23.2. The fourth-order valence-electron chi connectivity index (χ4n) is 11.2. The van der Waals surface area contributed by atoms with Crippen molar-refractivity contribution >= 4 is 63.9 Å². The van der Waals surface area contributed by atoms with Crippen LogP contribution in [0.1, 0.15) is 159 Å². The van der Waals surface area contributed by atoms with Crippen LogP contribution in [0.3, 0.4) is 0 Å². The van der Waals surface area contributed by atoms with Gasteiger partial charge in [-0.15, -0.1) is 0 Å². The molecule has 15 rings (SSSR count). The summed E-state index contributed by atoms with van der Waals surface area (Å²) < 4.78 is 26.9. The van der Waals surface area contributed by atoms with Crippen molar-refractivity contribution < 1.29 is 47.0 Å². The quantitative estimate of drug-likeness (QED) is 0.0160. The van der Waals surface area contributed by atoms with E-state index in [2.05, 4.69) is 50.0 Å². The van der Waals surface area contributed by atoms with Crippen LogP contribution in [0.2, 0.25) is 0 Å². The summed E-state index contributed by atoms with van der Waals surface area (Å²) >= 11 is 0. The van der Waals surface area contributed by atoms with Crippen LogP contribution in [0.15, 0.2) is 149 Å². The SMILES string of the molecule is C(=NCC1CC1)c1cccc(OC2CCC2)c1.CCOC(=O)C(=O)CC(=O)c1cccc2[nH]c(=O)oc12.NCC1CC1.O=C1C2=C(C(c3cccc4[nH]c(=O)oc34)=NC2)C(c2cccc(OC3CCC3)c2)N1CC1CC1.O=Cc1cccc(CC2CCC2)c1. The molecule has 7 aromatic rings. The van der Waals surface area contributed by atoms with E-state index in [9.17, 15) is 33.6 Å². The fourth-order valence-corrected chi connectivity index (χ4v) is 11.2. The molecule has 1 unspecified atom stereocenters. The Hall–Kier alpha value is -8.77. The second kappa shape index (κ2) is 29.0. The summed E-state index contributed by atoms with van der Waals surface area (Å²) in [7, 11) is 0. The van der Waals surface area contributed by atoms with Crippen LogP contribution in [0.4, 0.5) is 0 Å². The van der Waals surface area contributed by atoms with Crippen LogP contribution in [-0.4, -0.2) is 102 Å². The molecular weight excluding hydrogens is 1130 g/mol. The van der Waals surface area contributed by atoms with Gasteiger partial charge in [-0.1, -0.05) is 73.9 Å². The van der Waals surface area contributed by atoms with E-state index in [1.165, 1.54) is 101 Å². The van der Waals surface area contributed by atoms with Gasteiger partial charge in [-0.05, 0) is 192 Å². The van der Waals surface area contributed by atoms with E-state index in [0.29, 0.717) is 35.2 Å². The highest BCUT2D eigenvalue weighted by atomic mass is 16.5. The number of rotatable bonds is 20. The molecule has 2 aliphatic heterocycles. The van der Waals surface area contributed by atoms with Crippen molar-refractivity contribution in [2.75, 3.05) is 32.8 Å². The van der Waals surface area contributed by atoms with Gasteiger partial charge < -0.3 is 33.7 Å². The normalized spacial score (nSPS) is 18.5. The number of para-hydroxylation sites is 2. The number of ketones is 2. The maximum atomic E-state index is 13.6. The third-order valence-corrected chi connectivity index (χ3v) is 17.4. The predicted molar refractivity (Wildman–Crippen MR) is 339 cm³/mol. The maximum absolute atomic E-state index is 13.6. The van der Waals surface area contributed by atoms with Crippen molar-refractivity contribution in [3.8, 4) is 11.5 Å². The number of hydrogen-bond acceptors (Lipinski definition) is 15. The summed E-state index contributed by atoms with van der Waals surface area (Å²) in [5.74, 6) is 1.33. The number of nitrogens with two attached hydrogens (primary N) is 1. The molecule has 18 nitrogen and oxygen atoms in total. The van der Waals surface area contributed by atoms with E-state index >= 15 is 0 Å². The Labute approximate surface area is 516 Å². The minimum absolute atomic E-state index is 0.0566. The van der Waals surface area contributed by atoms with Crippen LogP contribution in [0, 0.1) is 23.7 Å². The minimum atomic E-state index is -1.05. The first-order valence-corrected chi connectivity index (χ1v) is 31.7. The first kappa shape index (κ1) is 61.9. The van der Waals surface area contributed by atoms with Gasteiger partial charge in [0.15, 0.2) is 16.9 Å². The highest BCUT2D eigenvalue weighted by Crippen LogP contribution is 2.46. The van der Waals surface area contributed by atoms with E-state index in [1.807, 2.05) is 71.8 Å². The molecule has 1 amide bonds. The average Bonchev–Trinajstić information content (AvgIpc) is 1.62. The Morgan fingerprint density at radius 2 is 1.30 bits per heavy atom. The van der Waals surface area contributed by atoms with Gasteiger partial charge in [0.1, 0.15) is 17.8 Å². The van der Waals surface area contributed by atoms with Gasteiger partial charge in [0.05, 0.1) is 60.1 Å². The van der Waals surface area contributed by atoms with E-state index in [4.69, 9.17) is 29.0 Å². The van der Waals surface area contributed by atoms with Gasteiger partial charge in [0.25, 0.3) is 5.91 Å². The molecule has 6 saturated carbocycles. The zero-order chi connectivity index (χ0) is 61.8. The minimum Gasteiger partial charge on any atom is -0.490 e. The van der Waals surface area contributed by atoms with Crippen molar-refractivity contribution in [3.63, 3.8) is 0 Å². The van der Waals surface area contributed by atoms with E-state index in [-0.39, 0.29) is 35.8 Å².